The van der Waals surface area contributed by atoms with Crippen LogP contribution in [0.5, 0.6) is 5.75 Å². The van der Waals surface area contributed by atoms with E-state index in [1.807, 2.05) is 42.5 Å². The van der Waals surface area contributed by atoms with Gasteiger partial charge >= 0.3 is 0 Å². The molecule has 6 rings (SSSR count). The topological polar surface area (TPSA) is 137 Å². The second-order valence-electron chi connectivity index (χ2n) is 11.3. The van der Waals surface area contributed by atoms with Crippen molar-refractivity contribution in [3.63, 3.8) is 0 Å². The van der Waals surface area contributed by atoms with Crippen LogP contribution in [0.4, 0.5) is 0 Å². The van der Waals surface area contributed by atoms with Crippen molar-refractivity contribution in [1.82, 2.24) is 19.5 Å². The Morgan fingerprint density at radius 2 is 1.62 bits per heavy atom. The van der Waals surface area contributed by atoms with Crippen LogP contribution in [-0.2, 0) is 31.8 Å². The number of rotatable bonds is 9. The zero-order chi connectivity index (χ0) is 31.6. The number of nitrogens with one attached hydrogen (secondary N) is 1. The Labute approximate surface area is 261 Å². The molecule has 2 N–H and O–H groups in total. The number of aromatic hydroxyl groups is 1. The quantitative estimate of drug-likeness (QED) is 0.292. The highest BCUT2D eigenvalue weighted by atomic mass is 32.2. The number of aromatic nitrogens is 1. The van der Waals surface area contributed by atoms with Gasteiger partial charge in [-0.25, -0.2) is 8.42 Å². The summed E-state index contributed by atoms with van der Waals surface area (Å²) in [4.78, 5) is 46.2. The normalized spacial score (nSPS) is 18.8. The Morgan fingerprint density at radius 3 is 2.31 bits per heavy atom. The maximum atomic E-state index is 14.1. The Bertz CT molecular complexity index is 1800. The van der Waals surface area contributed by atoms with E-state index in [1.165, 1.54) is 27.5 Å². The fourth-order valence-electron chi connectivity index (χ4n) is 6.11. The Hall–Kier alpha value is -4.87. The molecule has 0 spiro atoms. The lowest BCUT2D eigenvalue weighted by Gasteiger charge is -2.28. The number of hydrogen-bond acceptors (Lipinski definition) is 7. The van der Waals surface area contributed by atoms with E-state index >= 15 is 0 Å². The molecular formula is C34H32N4O6S. The Balaban J connectivity index is 1.22. The van der Waals surface area contributed by atoms with Crippen LogP contribution in [0.15, 0.2) is 103 Å². The lowest BCUT2D eigenvalue weighted by Crippen LogP contribution is -2.53. The zero-order valence-corrected chi connectivity index (χ0v) is 25.1. The van der Waals surface area contributed by atoms with E-state index in [0.29, 0.717) is 23.1 Å². The second-order valence-corrected chi connectivity index (χ2v) is 13.2. The molecule has 0 saturated carbocycles. The van der Waals surface area contributed by atoms with Gasteiger partial charge in [-0.15, -0.1) is 0 Å². The molecule has 1 aromatic heterocycles. The van der Waals surface area contributed by atoms with Crippen LogP contribution in [0.1, 0.15) is 27.9 Å². The van der Waals surface area contributed by atoms with Crippen molar-refractivity contribution in [1.29, 1.82) is 0 Å². The summed E-state index contributed by atoms with van der Waals surface area (Å²) in [6.07, 6.45) is 3.44. The van der Waals surface area contributed by atoms with Gasteiger partial charge in [0.15, 0.2) is 5.78 Å². The molecule has 4 aromatic rings. The number of likely N-dealkylation sites (tertiary alicyclic amines) is 1. The van der Waals surface area contributed by atoms with Crippen molar-refractivity contribution in [2.24, 2.45) is 0 Å². The van der Waals surface area contributed by atoms with Crippen LogP contribution in [0.3, 0.4) is 0 Å². The number of benzene rings is 3. The third kappa shape index (κ3) is 6.50. The molecule has 2 aliphatic heterocycles. The van der Waals surface area contributed by atoms with Gasteiger partial charge in [0.05, 0.1) is 18.3 Å². The molecule has 11 heteroatoms. The van der Waals surface area contributed by atoms with Crippen molar-refractivity contribution in [2.75, 3.05) is 13.1 Å². The molecule has 230 valence electrons. The number of phenols is 1. The number of nitrogens with zero attached hydrogens (tertiary/aromatic N) is 3. The van der Waals surface area contributed by atoms with Crippen LogP contribution < -0.4 is 5.32 Å². The summed E-state index contributed by atoms with van der Waals surface area (Å²) in [5.41, 5.74) is 3.51. The molecule has 3 heterocycles. The number of ketones is 1. The van der Waals surface area contributed by atoms with Gasteiger partial charge in [-0.2, -0.15) is 4.31 Å². The zero-order valence-electron chi connectivity index (χ0n) is 24.3. The van der Waals surface area contributed by atoms with Crippen LogP contribution in [0, 0.1) is 0 Å². The number of Topliss-reactive ketones (excluding diaryl/α,β-unsaturated/α-hetero) is 1. The van der Waals surface area contributed by atoms with Crippen molar-refractivity contribution >= 4 is 27.6 Å². The molecule has 45 heavy (non-hydrogen) atoms. The molecule has 2 saturated heterocycles. The number of carbonyl (C=O) groups is 3. The largest absolute Gasteiger partial charge is 0.508 e. The standard InChI is InChI=1S/C34H32N4O6S/c39-28-14-8-23(9-15-28)19-29(36-33(41)27-12-10-26(11-13-27)25-6-2-1-3-7-25)34(42)37-18-16-30-32(37)31(40)21-38(30)45(43,44)22-24-5-4-17-35-20-24/h1-15,17,20,29-30,32,39H,16,18-19,21-22H2,(H,36,41). The minimum atomic E-state index is -3.86. The number of hydrogen-bond donors (Lipinski definition) is 2. The van der Waals surface area contributed by atoms with Crippen molar-refractivity contribution < 1.29 is 27.9 Å². The van der Waals surface area contributed by atoms with Gasteiger partial charge in [-0.3, -0.25) is 19.4 Å². The first-order chi connectivity index (χ1) is 21.7. The number of phenolic OH excluding ortho intramolecular Hbond substituents is 1. The van der Waals surface area contributed by atoms with Crippen LogP contribution in [0.25, 0.3) is 11.1 Å². The molecule has 0 bridgehead atoms. The van der Waals surface area contributed by atoms with Gasteiger partial charge in [-0.05, 0) is 59.0 Å². The van der Waals surface area contributed by atoms with Crippen molar-refractivity contribution in [3.8, 4) is 16.9 Å². The van der Waals surface area contributed by atoms with Crippen LogP contribution >= 0.6 is 0 Å². The summed E-state index contributed by atoms with van der Waals surface area (Å²) in [5.74, 6) is -1.51. The summed E-state index contributed by atoms with van der Waals surface area (Å²) in [6.45, 7) is -0.142. The summed E-state index contributed by atoms with van der Waals surface area (Å²) >= 11 is 0. The SMILES string of the molecule is O=C(NC(Cc1ccc(O)cc1)C(=O)N1CCC2C1C(=O)CN2S(=O)(=O)Cc1cccnc1)c1ccc(-c2ccccc2)cc1. The first kappa shape index (κ1) is 30.2. The minimum Gasteiger partial charge on any atom is -0.508 e. The Morgan fingerprint density at radius 1 is 0.911 bits per heavy atom. The maximum Gasteiger partial charge on any atom is 0.251 e. The molecule has 3 aromatic carbocycles. The summed E-state index contributed by atoms with van der Waals surface area (Å²) in [7, 11) is -3.86. The van der Waals surface area contributed by atoms with E-state index in [-0.39, 0.29) is 36.8 Å². The fourth-order valence-corrected chi connectivity index (χ4v) is 7.83. The average Bonchev–Trinajstić information content (AvgIpc) is 3.63. The molecular weight excluding hydrogens is 592 g/mol. The van der Waals surface area contributed by atoms with E-state index in [2.05, 4.69) is 10.3 Å². The van der Waals surface area contributed by atoms with Gasteiger partial charge in [0.1, 0.15) is 17.8 Å². The monoisotopic (exact) mass is 624 g/mol. The second kappa shape index (κ2) is 12.6. The molecule has 2 aliphatic rings. The lowest BCUT2D eigenvalue weighted by atomic mass is 10.0. The minimum absolute atomic E-state index is 0.0655. The maximum absolute atomic E-state index is 14.1. The van der Waals surface area contributed by atoms with E-state index in [4.69, 9.17) is 0 Å². The van der Waals surface area contributed by atoms with Gasteiger partial charge in [0, 0.05) is 30.9 Å². The van der Waals surface area contributed by atoms with E-state index in [0.717, 1.165) is 11.1 Å². The first-order valence-electron chi connectivity index (χ1n) is 14.7. The molecule has 3 atom stereocenters. The summed E-state index contributed by atoms with van der Waals surface area (Å²) in [5, 5.41) is 12.6. The predicted octanol–water partition coefficient (Wildman–Crippen LogP) is 3.18. The number of fused-ring (bicyclic) bond motifs is 1. The highest BCUT2D eigenvalue weighted by Gasteiger charge is 2.54. The molecule has 0 radical (unpaired) electrons. The summed E-state index contributed by atoms with van der Waals surface area (Å²) < 4.78 is 27.9. The van der Waals surface area contributed by atoms with Gasteiger partial charge in [-0.1, -0.05) is 60.7 Å². The Kier molecular flexibility index (Phi) is 8.46. The molecule has 2 fully saturated rings. The van der Waals surface area contributed by atoms with Gasteiger partial charge in [0.2, 0.25) is 15.9 Å². The van der Waals surface area contributed by atoms with Crippen LogP contribution in [-0.4, -0.2) is 76.5 Å². The van der Waals surface area contributed by atoms with Gasteiger partial charge < -0.3 is 15.3 Å². The third-order valence-electron chi connectivity index (χ3n) is 8.32. The van der Waals surface area contributed by atoms with E-state index < -0.39 is 40.0 Å². The number of pyridine rings is 1. The predicted molar refractivity (Wildman–Crippen MR) is 167 cm³/mol. The lowest BCUT2D eigenvalue weighted by molar-refractivity contribution is -0.138. The average molecular weight is 625 g/mol. The van der Waals surface area contributed by atoms with Crippen molar-refractivity contribution in [2.45, 2.75) is 36.7 Å². The third-order valence-corrected chi connectivity index (χ3v) is 10.1. The number of carbonyl (C=O) groups excluding carboxylic acids is 3. The van der Waals surface area contributed by atoms with Crippen LogP contribution in [0.2, 0.25) is 0 Å². The molecule has 0 aliphatic carbocycles. The molecule has 10 nitrogen and oxygen atoms in total. The first-order valence-corrected chi connectivity index (χ1v) is 16.3. The molecule has 3 unspecified atom stereocenters. The molecule has 2 amide bonds. The van der Waals surface area contributed by atoms with E-state index in [1.54, 1.807) is 42.6 Å². The van der Waals surface area contributed by atoms with Crippen molar-refractivity contribution in [3.05, 3.63) is 120 Å². The fraction of sp³-hybridized carbons (Fsp3) is 0.235. The summed E-state index contributed by atoms with van der Waals surface area (Å²) in [6, 6.07) is 23.8. The highest BCUT2D eigenvalue weighted by Crippen LogP contribution is 2.33. The number of amides is 2. The number of sulfonamides is 1. The van der Waals surface area contributed by atoms with E-state index in [9.17, 15) is 27.9 Å². The highest BCUT2D eigenvalue weighted by molar-refractivity contribution is 7.88. The van der Waals surface area contributed by atoms with Gasteiger partial charge in [0.25, 0.3) is 5.91 Å². The smallest absolute Gasteiger partial charge is 0.251 e.